The number of allylic oxidation sites excluding steroid dienone is 10. The Morgan fingerprint density at radius 2 is 1.12 bits per heavy atom. The monoisotopic (exact) mass is 724 g/mol. The van der Waals surface area contributed by atoms with Crippen molar-refractivity contribution in [1.82, 2.24) is 0 Å². The zero-order valence-electron chi connectivity index (χ0n) is 34.7. The largest absolute Gasteiger partial charge is 0.0874 e. The molecule has 0 spiro atoms. The summed E-state index contributed by atoms with van der Waals surface area (Å²) in [5.74, 6) is 0. The van der Waals surface area contributed by atoms with Gasteiger partial charge < -0.3 is 0 Å². The normalized spacial score (nSPS) is 16.5. The topological polar surface area (TPSA) is 0 Å². The lowest BCUT2D eigenvalue weighted by atomic mass is 9.79. The van der Waals surface area contributed by atoms with Gasteiger partial charge in [-0.3, -0.25) is 0 Å². The van der Waals surface area contributed by atoms with Gasteiger partial charge in [-0.2, -0.15) is 0 Å². The number of hydrogen-bond acceptors (Lipinski definition) is 0. The molecular formula is C56H52. The highest BCUT2D eigenvalue weighted by Gasteiger charge is 2.36. The Hall–Kier alpha value is -5.72. The molecule has 0 saturated carbocycles. The molecular weight excluding hydrogens is 673 g/mol. The summed E-state index contributed by atoms with van der Waals surface area (Å²) in [4.78, 5) is 0. The standard InChI is InChI=1S/C56H52/c1-11-15-33(3)34(4)29-35(5)47-32-48(39-21-23-40-36(6)49(16-12-2)55(7,8)51(40)31-39)46-26-20-37-19-24-41(44-27-28-45(47)54(46)53(37)44)38-22-25-43-42-17-13-14-18-50(42)56(9,10)52(43)30-38/h11-32H,1-10H3/b15-11-,16-12-,34-33+,35-29+. The summed E-state index contributed by atoms with van der Waals surface area (Å²) in [6.45, 7) is 22.7. The molecule has 2 aliphatic rings. The van der Waals surface area contributed by atoms with Gasteiger partial charge in [-0.05, 0) is 181 Å². The van der Waals surface area contributed by atoms with Gasteiger partial charge in [0.15, 0.2) is 0 Å². The Morgan fingerprint density at radius 3 is 1.88 bits per heavy atom. The number of hydrogen-bond donors (Lipinski definition) is 0. The Labute approximate surface area is 333 Å². The summed E-state index contributed by atoms with van der Waals surface area (Å²) in [5.41, 5.74) is 21.3. The Bertz CT molecular complexity index is 2940. The molecule has 2 aliphatic carbocycles. The summed E-state index contributed by atoms with van der Waals surface area (Å²) >= 11 is 0. The highest BCUT2D eigenvalue weighted by Crippen LogP contribution is 2.52. The maximum atomic E-state index is 2.49. The summed E-state index contributed by atoms with van der Waals surface area (Å²) in [5, 5.41) is 7.92. The molecule has 0 bridgehead atoms. The van der Waals surface area contributed by atoms with Crippen LogP contribution in [-0.2, 0) is 10.8 Å². The van der Waals surface area contributed by atoms with Gasteiger partial charge >= 0.3 is 0 Å². The van der Waals surface area contributed by atoms with Crippen LogP contribution in [0.15, 0.2) is 150 Å². The van der Waals surface area contributed by atoms with E-state index in [-0.39, 0.29) is 10.8 Å². The minimum absolute atomic E-state index is 0.0523. The van der Waals surface area contributed by atoms with E-state index in [4.69, 9.17) is 0 Å². The quantitative estimate of drug-likeness (QED) is 0.118. The Balaban J connectivity index is 1.31. The molecule has 7 aromatic carbocycles. The van der Waals surface area contributed by atoms with E-state index in [9.17, 15) is 0 Å². The number of rotatable bonds is 6. The highest BCUT2D eigenvalue weighted by molar-refractivity contribution is 6.29. The van der Waals surface area contributed by atoms with Crippen LogP contribution < -0.4 is 0 Å². The second-order valence-corrected chi connectivity index (χ2v) is 17.4. The van der Waals surface area contributed by atoms with Gasteiger partial charge in [0.1, 0.15) is 0 Å². The average molecular weight is 725 g/mol. The third kappa shape index (κ3) is 5.18. The smallest absolute Gasteiger partial charge is 0.0159 e. The first-order valence-electron chi connectivity index (χ1n) is 20.3. The van der Waals surface area contributed by atoms with Gasteiger partial charge in [0.05, 0.1) is 0 Å². The fourth-order valence-electron chi connectivity index (χ4n) is 10.3. The van der Waals surface area contributed by atoms with Crippen LogP contribution in [0.2, 0.25) is 0 Å². The summed E-state index contributed by atoms with van der Waals surface area (Å²) < 4.78 is 0. The van der Waals surface area contributed by atoms with Crippen LogP contribution in [-0.4, -0.2) is 0 Å². The van der Waals surface area contributed by atoms with Gasteiger partial charge in [0.2, 0.25) is 0 Å². The van der Waals surface area contributed by atoms with Crippen molar-refractivity contribution in [2.45, 2.75) is 80.1 Å². The molecule has 56 heavy (non-hydrogen) atoms. The van der Waals surface area contributed by atoms with Crippen molar-refractivity contribution in [3.05, 3.63) is 178 Å². The summed E-state index contributed by atoms with van der Waals surface area (Å²) in [6.07, 6.45) is 11.2. The van der Waals surface area contributed by atoms with E-state index in [1.807, 2.05) is 0 Å². The molecule has 0 heterocycles. The fraction of sp³-hybridized carbons (Fsp3) is 0.214. The second-order valence-electron chi connectivity index (χ2n) is 17.4. The van der Waals surface area contributed by atoms with Crippen LogP contribution in [0.5, 0.6) is 0 Å². The molecule has 0 fully saturated rings. The lowest BCUT2D eigenvalue weighted by molar-refractivity contribution is 0.654. The molecule has 0 nitrogen and oxygen atoms in total. The first kappa shape index (κ1) is 35.9. The minimum atomic E-state index is -0.0721. The molecule has 0 amide bonds. The van der Waals surface area contributed by atoms with E-state index in [1.165, 1.54) is 121 Å². The van der Waals surface area contributed by atoms with E-state index in [0.717, 1.165) is 0 Å². The molecule has 276 valence electrons. The molecule has 0 heteroatoms. The van der Waals surface area contributed by atoms with Crippen LogP contribution in [0, 0.1) is 0 Å². The van der Waals surface area contributed by atoms with E-state index < -0.39 is 0 Å². The second kappa shape index (κ2) is 12.9. The minimum Gasteiger partial charge on any atom is -0.0874 e. The van der Waals surface area contributed by atoms with Crippen LogP contribution in [0.4, 0.5) is 0 Å². The first-order chi connectivity index (χ1) is 26.9. The molecule has 7 aromatic rings. The van der Waals surface area contributed by atoms with E-state index >= 15 is 0 Å². The van der Waals surface area contributed by atoms with Crippen LogP contribution in [0.1, 0.15) is 97.1 Å². The maximum Gasteiger partial charge on any atom is 0.0159 e. The fourth-order valence-corrected chi connectivity index (χ4v) is 10.3. The number of fused-ring (bicyclic) bond motifs is 4. The van der Waals surface area contributed by atoms with Crippen molar-refractivity contribution in [2.24, 2.45) is 0 Å². The lowest BCUT2D eigenvalue weighted by Crippen LogP contribution is -2.16. The molecule has 0 atom stereocenters. The molecule has 0 aliphatic heterocycles. The molecule has 0 radical (unpaired) electrons. The SMILES string of the molecule is C/C=C\C1=C(C)c2ccc(-c3cc(/C(C)=C/C(C)=C(C)/C=C\C)c4ccc5c(-c6ccc7c(c6)C(C)(C)c6ccccc6-7)ccc6ccc3c4c65)cc2C1(C)C. The Kier molecular flexibility index (Phi) is 8.30. The molecule has 0 unspecified atom stereocenters. The summed E-state index contributed by atoms with van der Waals surface area (Å²) in [6, 6.07) is 40.0. The van der Waals surface area contributed by atoms with Gasteiger partial charge in [0.25, 0.3) is 0 Å². The molecule has 0 aromatic heterocycles. The van der Waals surface area contributed by atoms with Crippen molar-refractivity contribution < 1.29 is 0 Å². The molecule has 0 saturated heterocycles. The Morgan fingerprint density at radius 1 is 0.518 bits per heavy atom. The average Bonchev–Trinajstić information content (AvgIpc) is 3.54. The van der Waals surface area contributed by atoms with Gasteiger partial charge in [-0.15, -0.1) is 0 Å². The van der Waals surface area contributed by atoms with Crippen molar-refractivity contribution >= 4 is 43.5 Å². The van der Waals surface area contributed by atoms with Gasteiger partial charge in [-0.1, -0.05) is 143 Å². The molecule has 0 N–H and O–H groups in total. The predicted octanol–water partition coefficient (Wildman–Crippen LogP) is 16.2. The zero-order chi connectivity index (χ0) is 39.3. The zero-order valence-corrected chi connectivity index (χ0v) is 34.7. The summed E-state index contributed by atoms with van der Waals surface area (Å²) in [7, 11) is 0. The lowest BCUT2D eigenvalue weighted by Gasteiger charge is -2.24. The van der Waals surface area contributed by atoms with E-state index in [2.05, 4.69) is 203 Å². The van der Waals surface area contributed by atoms with Crippen LogP contribution in [0.3, 0.4) is 0 Å². The molecule has 9 rings (SSSR count). The van der Waals surface area contributed by atoms with Crippen LogP contribution in [0.25, 0.3) is 76.8 Å². The third-order valence-corrected chi connectivity index (χ3v) is 13.4. The van der Waals surface area contributed by atoms with Crippen molar-refractivity contribution in [3.8, 4) is 33.4 Å². The number of benzene rings is 7. The van der Waals surface area contributed by atoms with Gasteiger partial charge in [-0.25, -0.2) is 0 Å². The van der Waals surface area contributed by atoms with Crippen molar-refractivity contribution in [1.29, 1.82) is 0 Å². The highest BCUT2D eigenvalue weighted by atomic mass is 14.4. The van der Waals surface area contributed by atoms with Gasteiger partial charge in [0, 0.05) is 10.8 Å². The van der Waals surface area contributed by atoms with E-state index in [1.54, 1.807) is 0 Å². The van der Waals surface area contributed by atoms with Crippen molar-refractivity contribution in [3.63, 3.8) is 0 Å². The predicted molar refractivity (Wildman–Crippen MR) is 246 cm³/mol. The van der Waals surface area contributed by atoms with Crippen LogP contribution >= 0.6 is 0 Å². The third-order valence-electron chi connectivity index (χ3n) is 13.4. The van der Waals surface area contributed by atoms with E-state index in [0.29, 0.717) is 0 Å². The van der Waals surface area contributed by atoms with Crippen molar-refractivity contribution in [2.75, 3.05) is 0 Å². The first-order valence-corrected chi connectivity index (χ1v) is 20.3. The maximum absolute atomic E-state index is 2.49.